The van der Waals surface area contributed by atoms with E-state index in [-0.39, 0.29) is 17.9 Å². The molecule has 1 aliphatic heterocycles. The number of likely N-dealkylation sites (tertiary alicyclic amines) is 1. The second-order valence-corrected chi connectivity index (χ2v) is 6.83. The van der Waals surface area contributed by atoms with Gasteiger partial charge in [0.2, 0.25) is 5.91 Å². The molecule has 0 spiro atoms. The Morgan fingerprint density at radius 2 is 2.21 bits per heavy atom. The summed E-state index contributed by atoms with van der Waals surface area (Å²) in [6.45, 7) is 7.65. The summed E-state index contributed by atoms with van der Waals surface area (Å²) in [7, 11) is 1.95. The van der Waals surface area contributed by atoms with Gasteiger partial charge in [0.1, 0.15) is 12.7 Å². The summed E-state index contributed by atoms with van der Waals surface area (Å²) >= 11 is 0. The molecule has 0 aromatic carbocycles. The zero-order chi connectivity index (χ0) is 17.3. The fourth-order valence-corrected chi connectivity index (χ4v) is 3.59. The van der Waals surface area contributed by atoms with E-state index in [1.165, 1.54) is 5.56 Å². The number of piperidine rings is 1. The molecule has 3 rings (SSSR count). The summed E-state index contributed by atoms with van der Waals surface area (Å²) in [5.41, 5.74) is 3.36. The van der Waals surface area contributed by atoms with Gasteiger partial charge in [-0.2, -0.15) is 10.2 Å². The van der Waals surface area contributed by atoms with Crippen LogP contribution in [0.1, 0.15) is 42.8 Å². The van der Waals surface area contributed by atoms with Crippen LogP contribution in [0.15, 0.2) is 12.7 Å². The summed E-state index contributed by atoms with van der Waals surface area (Å²) in [5.74, 6) is 0.184. The van der Waals surface area contributed by atoms with Gasteiger partial charge in [-0.3, -0.25) is 9.48 Å². The molecule has 130 valence electrons. The number of carbonyl (C=O) groups excluding carboxylic acids is 1. The molecule has 24 heavy (non-hydrogen) atoms. The number of hydrogen-bond donors (Lipinski definition) is 0. The lowest BCUT2D eigenvalue weighted by Gasteiger charge is -2.34. The smallest absolute Gasteiger partial charge is 0.225 e. The van der Waals surface area contributed by atoms with Gasteiger partial charge in [0.25, 0.3) is 0 Å². The Morgan fingerprint density at radius 3 is 2.83 bits per heavy atom. The quantitative estimate of drug-likeness (QED) is 0.855. The first-order chi connectivity index (χ1) is 11.5. The number of nitrogens with zero attached hydrogens (tertiary/aromatic N) is 6. The van der Waals surface area contributed by atoms with E-state index in [9.17, 15) is 4.79 Å². The van der Waals surface area contributed by atoms with Gasteiger partial charge in [-0.1, -0.05) is 6.92 Å². The van der Waals surface area contributed by atoms with Crippen molar-refractivity contribution in [1.29, 1.82) is 0 Å². The molecule has 0 saturated carbocycles. The van der Waals surface area contributed by atoms with Gasteiger partial charge in [0.05, 0.1) is 11.7 Å². The number of rotatable bonds is 4. The van der Waals surface area contributed by atoms with E-state index in [0.717, 1.165) is 43.7 Å². The summed E-state index contributed by atoms with van der Waals surface area (Å²) in [5, 5.41) is 8.68. The van der Waals surface area contributed by atoms with Gasteiger partial charge < -0.3 is 4.90 Å². The summed E-state index contributed by atoms with van der Waals surface area (Å²) in [6.07, 6.45) is 6.09. The fourth-order valence-electron chi connectivity index (χ4n) is 3.59. The fraction of sp³-hybridized carbons (Fsp3) is 0.647. The largest absolute Gasteiger partial charge is 0.340 e. The van der Waals surface area contributed by atoms with Crippen molar-refractivity contribution in [3.8, 4) is 0 Å². The zero-order valence-electron chi connectivity index (χ0n) is 14.9. The highest BCUT2D eigenvalue weighted by molar-refractivity contribution is 5.79. The predicted molar refractivity (Wildman–Crippen MR) is 90.4 cm³/mol. The number of carbonyl (C=O) groups is 1. The molecule has 2 atom stereocenters. The van der Waals surface area contributed by atoms with Crippen LogP contribution in [0.5, 0.6) is 0 Å². The first-order valence-electron chi connectivity index (χ1n) is 8.59. The van der Waals surface area contributed by atoms with Crippen LogP contribution in [-0.2, 0) is 18.3 Å². The molecule has 2 aromatic heterocycles. The molecule has 0 aliphatic carbocycles. The Balaban J connectivity index is 1.66. The van der Waals surface area contributed by atoms with Crippen molar-refractivity contribution in [1.82, 2.24) is 29.4 Å². The molecule has 0 radical (unpaired) electrons. The average molecular weight is 330 g/mol. The predicted octanol–water partition coefficient (Wildman–Crippen LogP) is 1.67. The SMILES string of the molecule is Cc1nn(C)c(C)c1C[C@@H](C)C(=O)N1CCC[C@H](n2cncn2)C1. The maximum Gasteiger partial charge on any atom is 0.225 e. The van der Waals surface area contributed by atoms with Gasteiger partial charge in [0.15, 0.2) is 0 Å². The summed E-state index contributed by atoms with van der Waals surface area (Å²) in [6, 6.07) is 0.235. The molecule has 7 heteroatoms. The average Bonchev–Trinajstić information content (AvgIpc) is 3.19. The highest BCUT2D eigenvalue weighted by Crippen LogP contribution is 2.24. The van der Waals surface area contributed by atoms with Gasteiger partial charge >= 0.3 is 0 Å². The van der Waals surface area contributed by atoms with Crippen LogP contribution in [0.25, 0.3) is 0 Å². The second-order valence-electron chi connectivity index (χ2n) is 6.83. The van der Waals surface area contributed by atoms with E-state index in [1.807, 2.05) is 35.2 Å². The molecule has 0 bridgehead atoms. The molecule has 1 saturated heterocycles. The number of aryl methyl sites for hydroxylation is 2. The van der Waals surface area contributed by atoms with Crippen LogP contribution in [0.4, 0.5) is 0 Å². The topological polar surface area (TPSA) is 68.8 Å². The highest BCUT2D eigenvalue weighted by atomic mass is 16.2. The third-order valence-electron chi connectivity index (χ3n) is 5.11. The van der Waals surface area contributed by atoms with Gasteiger partial charge in [-0.05, 0) is 38.7 Å². The molecule has 1 amide bonds. The van der Waals surface area contributed by atoms with Crippen LogP contribution in [0, 0.1) is 19.8 Å². The maximum absolute atomic E-state index is 12.9. The van der Waals surface area contributed by atoms with Crippen molar-refractivity contribution in [3.63, 3.8) is 0 Å². The molecular formula is C17H26N6O. The zero-order valence-corrected chi connectivity index (χ0v) is 14.9. The van der Waals surface area contributed by atoms with Crippen molar-refractivity contribution < 1.29 is 4.79 Å². The molecule has 0 N–H and O–H groups in total. The Hall–Kier alpha value is -2.18. The monoisotopic (exact) mass is 330 g/mol. The number of amides is 1. The summed E-state index contributed by atoms with van der Waals surface area (Å²) in [4.78, 5) is 18.9. The molecule has 7 nitrogen and oxygen atoms in total. The summed E-state index contributed by atoms with van der Waals surface area (Å²) < 4.78 is 3.77. The lowest BCUT2D eigenvalue weighted by molar-refractivity contribution is -0.136. The highest BCUT2D eigenvalue weighted by Gasteiger charge is 2.28. The van der Waals surface area contributed by atoms with Crippen molar-refractivity contribution in [2.45, 2.75) is 46.1 Å². The van der Waals surface area contributed by atoms with Crippen LogP contribution >= 0.6 is 0 Å². The van der Waals surface area contributed by atoms with Gasteiger partial charge in [0, 0.05) is 31.7 Å². The Morgan fingerprint density at radius 1 is 1.42 bits per heavy atom. The van der Waals surface area contributed by atoms with E-state index in [0.29, 0.717) is 0 Å². The van der Waals surface area contributed by atoms with Crippen molar-refractivity contribution in [3.05, 3.63) is 29.6 Å². The van der Waals surface area contributed by atoms with E-state index < -0.39 is 0 Å². The van der Waals surface area contributed by atoms with Crippen LogP contribution in [0.3, 0.4) is 0 Å². The van der Waals surface area contributed by atoms with E-state index in [2.05, 4.69) is 22.1 Å². The lowest BCUT2D eigenvalue weighted by atomic mass is 9.96. The van der Waals surface area contributed by atoms with Crippen LogP contribution in [-0.4, -0.2) is 48.4 Å². The van der Waals surface area contributed by atoms with E-state index >= 15 is 0 Å². The van der Waals surface area contributed by atoms with Gasteiger partial charge in [-0.15, -0.1) is 0 Å². The maximum atomic E-state index is 12.9. The molecule has 0 unspecified atom stereocenters. The molecule has 1 fully saturated rings. The first kappa shape index (κ1) is 16.7. The first-order valence-corrected chi connectivity index (χ1v) is 8.59. The minimum atomic E-state index is -0.0407. The van der Waals surface area contributed by atoms with Crippen LogP contribution < -0.4 is 0 Å². The minimum absolute atomic E-state index is 0.0407. The Labute approximate surface area is 142 Å². The number of aromatic nitrogens is 5. The normalized spacial score (nSPS) is 19.5. The standard InChI is InChI=1S/C17H26N6O/c1-12(8-16-13(2)20-21(4)14(16)3)17(24)22-7-5-6-15(9-22)23-11-18-10-19-23/h10-12,15H,5-9H2,1-4H3/t12-,15+/m1/s1. The molecule has 1 aliphatic rings. The minimum Gasteiger partial charge on any atom is -0.340 e. The number of hydrogen-bond acceptors (Lipinski definition) is 4. The van der Waals surface area contributed by atoms with Crippen molar-refractivity contribution in [2.75, 3.05) is 13.1 Å². The Bertz CT molecular complexity index is 705. The molecule has 2 aromatic rings. The van der Waals surface area contributed by atoms with Crippen LogP contribution in [0.2, 0.25) is 0 Å². The second kappa shape index (κ2) is 6.75. The Kier molecular flexibility index (Phi) is 4.69. The third-order valence-corrected chi connectivity index (χ3v) is 5.11. The van der Waals surface area contributed by atoms with E-state index in [1.54, 1.807) is 12.7 Å². The molecule has 3 heterocycles. The van der Waals surface area contributed by atoms with Gasteiger partial charge in [-0.25, -0.2) is 9.67 Å². The molecular weight excluding hydrogens is 304 g/mol. The third kappa shape index (κ3) is 3.20. The van der Waals surface area contributed by atoms with Crippen molar-refractivity contribution >= 4 is 5.91 Å². The van der Waals surface area contributed by atoms with Crippen molar-refractivity contribution in [2.24, 2.45) is 13.0 Å². The lowest BCUT2D eigenvalue weighted by Crippen LogP contribution is -2.43. The van der Waals surface area contributed by atoms with E-state index in [4.69, 9.17) is 0 Å².